The molecule has 13 heteroatoms. The number of aryl methyl sites for hydroxylation is 1. The number of urea groups is 1. The lowest BCUT2D eigenvalue weighted by Gasteiger charge is -2.36. The largest absolute Gasteiger partial charge is 0.418 e. The fourth-order valence-electron chi connectivity index (χ4n) is 5.28. The van der Waals surface area contributed by atoms with Crippen molar-refractivity contribution in [3.63, 3.8) is 0 Å². The van der Waals surface area contributed by atoms with Crippen molar-refractivity contribution in [1.29, 1.82) is 0 Å². The highest BCUT2D eigenvalue weighted by Crippen LogP contribution is 2.38. The number of nitrogens with one attached hydrogen (secondary N) is 2. The molecule has 1 aromatic heterocycles. The van der Waals surface area contributed by atoms with Crippen LogP contribution in [0, 0.1) is 6.92 Å². The molecule has 0 atom stereocenters. The Labute approximate surface area is 242 Å². The van der Waals surface area contributed by atoms with Gasteiger partial charge in [-0.05, 0) is 49.4 Å². The Morgan fingerprint density at radius 3 is 2.45 bits per heavy atom. The summed E-state index contributed by atoms with van der Waals surface area (Å²) in [4.78, 5) is 42.0. The lowest BCUT2D eigenvalue weighted by atomic mass is 10.0. The number of hydrogen-bond acceptors (Lipinski definition) is 7. The highest BCUT2D eigenvalue weighted by Gasteiger charge is 2.36. The number of rotatable bonds is 6. The van der Waals surface area contributed by atoms with E-state index in [4.69, 9.17) is 0 Å². The van der Waals surface area contributed by atoms with E-state index in [1.165, 1.54) is 17.0 Å². The van der Waals surface area contributed by atoms with Crippen molar-refractivity contribution in [3.05, 3.63) is 64.8 Å². The summed E-state index contributed by atoms with van der Waals surface area (Å²) in [6.07, 6.45) is -2.98. The van der Waals surface area contributed by atoms with Crippen molar-refractivity contribution in [1.82, 2.24) is 14.9 Å². The van der Waals surface area contributed by atoms with Gasteiger partial charge in [0.1, 0.15) is 5.82 Å². The Morgan fingerprint density at radius 1 is 1.05 bits per heavy atom. The van der Waals surface area contributed by atoms with Crippen LogP contribution >= 0.6 is 0 Å². The van der Waals surface area contributed by atoms with E-state index in [1.54, 1.807) is 48.3 Å². The number of carbonyl (C=O) groups is 2. The summed E-state index contributed by atoms with van der Waals surface area (Å²) in [7, 11) is 3.31. The number of carbonyl (C=O) groups excluding carboxylic acids is 2. The van der Waals surface area contributed by atoms with Crippen LogP contribution < -0.4 is 25.3 Å². The molecule has 0 radical (unpaired) electrons. The molecule has 2 aliphatic heterocycles. The zero-order valence-electron chi connectivity index (χ0n) is 23.9. The third-order valence-electron chi connectivity index (χ3n) is 7.71. The molecule has 2 aromatic carbocycles. The van der Waals surface area contributed by atoms with Crippen LogP contribution in [0.15, 0.2) is 42.6 Å². The highest BCUT2D eigenvalue weighted by molar-refractivity contribution is 6.07. The second-order valence-corrected chi connectivity index (χ2v) is 10.3. The molecular formula is C29H33F3N8O2. The highest BCUT2D eigenvalue weighted by atomic mass is 19.4. The van der Waals surface area contributed by atoms with Crippen LogP contribution in [0.25, 0.3) is 0 Å². The monoisotopic (exact) mass is 582 g/mol. The second kappa shape index (κ2) is 11.5. The van der Waals surface area contributed by atoms with Crippen LogP contribution in [0.3, 0.4) is 0 Å². The molecule has 2 N–H and O–H groups in total. The summed E-state index contributed by atoms with van der Waals surface area (Å²) in [6.45, 7) is 7.23. The number of nitrogens with zero attached hydrogens (tertiary/aromatic N) is 6. The number of benzene rings is 2. The van der Waals surface area contributed by atoms with Gasteiger partial charge in [0.2, 0.25) is 5.95 Å². The predicted molar refractivity (Wildman–Crippen MR) is 156 cm³/mol. The van der Waals surface area contributed by atoms with E-state index in [2.05, 4.69) is 25.5 Å². The molecule has 3 aromatic rings. The maximum absolute atomic E-state index is 14.1. The van der Waals surface area contributed by atoms with E-state index >= 15 is 0 Å². The average molecular weight is 583 g/mol. The topological polar surface area (TPSA) is 96.9 Å². The molecule has 3 heterocycles. The minimum Gasteiger partial charge on any atom is -0.368 e. The molecule has 1 fully saturated rings. The van der Waals surface area contributed by atoms with Crippen LogP contribution in [-0.2, 0) is 12.7 Å². The first-order chi connectivity index (χ1) is 20.0. The van der Waals surface area contributed by atoms with Crippen molar-refractivity contribution in [2.24, 2.45) is 0 Å². The molecule has 10 nitrogen and oxygen atoms in total. The van der Waals surface area contributed by atoms with Crippen molar-refractivity contribution < 1.29 is 22.8 Å². The summed E-state index contributed by atoms with van der Waals surface area (Å²) in [5.74, 6) is 0.204. The van der Waals surface area contributed by atoms with Crippen LogP contribution in [0.2, 0.25) is 0 Å². The van der Waals surface area contributed by atoms with Crippen molar-refractivity contribution in [3.8, 4) is 0 Å². The van der Waals surface area contributed by atoms with Gasteiger partial charge < -0.3 is 20.4 Å². The lowest BCUT2D eigenvalue weighted by Crippen LogP contribution is -2.46. The molecule has 0 unspecified atom stereocenters. The van der Waals surface area contributed by atoms with E-state index in [0.717, 1.165) is 23.7 Å². The van der Waals surface area contributed by atoms with Crippen LogP contribution in [0.4, 0.5) is 46.8 Å². The maximum Gasteiger partial charge on any atom is 0.418 e. The number of aromatic nitrogens is 2. The number of anilines is 5. The third-order valence-corrected chi connectivity index (χ3v) is 7.71. The van der Waals surface area contributed by atoms with Crippen LogP contribution in [-0.4, -0.2) is 73.6 Å². The number of alkyl halides is 3. The molecule has 5 rings (SSSR count). The minimum absolute atomic E-state index is 0.0752. The van der Waals surface area contributed by atoms with Gasteiger partial charge in [0, 0.05) is 69.0 Å². The number of piperazine rings is 1. The molecular weight excluding hydrogens is 549 g/mol. The fourth-order valence-corrected chi connectivity index (χ4v) is 5.28. The molecule has 2 aliphatic rings. The summed E-state index contributed by atoms with van der Waals surface area (Å²) >= 11 is 0. The third kappa shape index (κ3) is 5.69. The van der Waals surface area contributed by atoms with Gasteiger partial charge in [-0.3, -0.25) is 14.6 Å². The van der Waals surface area contributed by atoms with E-state index in [0.29, 0.717) is 49.3 Å². The van der Waals surface area contributed by atoms with Crippen molar-refractivity contribution >= 4 is 40.8 Å². The lowest BCUT2D eigenvalue weighted by molar-refractivity contribution is -0.137. The predicted octanol–water partition coefficient (Wildman–Crippen LogP) is 4.82. The van der Waals surface area contributed by atoms with E-state index in [9.17, 15) is 22.8 Å². The molecule has 0 saturated carbocycles. The number of halogens is 3. The Hall–Kier alpha value is -4.39. The summed E-state index contributed by atoms with van der Waals surface area (Å²) in [6, 6.07) is 8.41. The molecule has 1 saturated heterocycles. The first kappa shape index (κ1) is 29.1. The first-order valence-electron chi connectivity index (χ1n) is 13.7. The smallest absolute Gasteiger partial charge is 0.368 e. The van der Waals surface area contributed by atoms with Gasteiger partial charge in [-0.2, -0.15) is 18.2 Å². The Bertz CT molecular complexity index is 1500. The number of likely N-dealkylation sites (N-methyl/N-ethyl adjacent to an activating group) is 1. The molecule has 0 aliphatic carbocycles. The van der Waals surface area contributed by atoms with Gasteiger partial charge >= 0.3 is 12.2 Å². The van der Waals surface area contributed by atoms with Gasteiger partial charge in [-0.25, -0.2) is 9.78 Å². The molecule has 0 bridgehead atoms. The molecule has 222 valence electrons. The second-order valence-electron chi connectivity index (χ2n) is 10.3. The molecule has 0 spiro atoms. The summed E-state index contributed by atoms with van der Waals surface area (Å²) in [5.41, 5.74) is 1.53. The van der Waals surface area contributed by atoms with E-state index in [-0.39, 0.29) is 23.8 Å². The van der Waals surface area contributed by atoms with Gasteiger partial charge in [-0.15, -0.1) is 0 Å². The normalized spacial score (nSPS) is 16.0. The van der Waals surface area contributed by atoms with Crippen molar-refractivity contribution in [2.75, 3.05) is 72.2 Å². The Balaban J connectivity index is 1.38. The molecule has 42 heavy (non-hydrogen) atoms. The van der Waals surface area contributed by atoms with E-state index < -0.39 is 17.6 Å². The minimum atomic E-state index is -4.63. The summed E-state index contributed by atoms with van der Waals surface area (Å²) < 4.78 is 42.3. The number of hydrogen-bond donors (Lipinski definition) is 2. The maximum atomic E-state index is 14.1. The average Bonchev–Trinajstić information content (AvgIpc) is 2.99. The zero-order valence-corrected chi connectivity index (χ0v) is 23.9. The zero-order chi connectivity index (χ0) is 30.2. The number of fused-ring (bicyclic) bond motifs is 1. The van der Waals surface area contributed by atoms with Gasteiger partial charge in [0.25, 0.3) is 5.91 Å². The van der Waals surface area contributed by atoms with Gasteiger partial charge in [-0.1, -0.05) is 13.0 Å². The van der Waals surface area contributed by atoms with E-state index in [1.807, 2.05) is 13.8 Å². The Morgan fingerprint density at radius 2 is 1.79 bits per heavy atom. The Kier molecular flexibility index (Phi) is 7.95. The van der Waals surface area contributed by atoms with Crippen LogP contribution in [0.5, 0.6) is 0 Å². The first-order valence-corrected chi connectivity index (χ1v) is 13.7. The van der Waals surface area contributed by atoms with Gasteiger partial charge in [0.15, 0.2) is 0 Å². The summed E-state index contributed by atoms with van der Waals surface area (Å²) in [5, 5.41) is 5.56. The quantitative estimate of drug-likeness (QED) is 0.431. The fraction of sp³-hybridized carbons (Fsp3) is 0.379. The SMILES string of the molecule is CCN1CCN(c2ccc(C(=O)Nc3ccc(C)c(N4Cc5cnc(NC)nc5N(C)C4=O)c3)cc2C(F)(F)F)CC1. The number of amides is 3. The van der Waals surface area contributed by atoms with Crippen molar-refractivity contribution in [2.45, 2.75) is 26.6 Å². The van der Waals surface area contributed by atoms with Crippen LogP contribution in [0.1, 0.15) is 34.0 Å². The standard InChI is InChI=1S/C29H33F3N8O2/c1-5-38-10-12-39(13-11-38)23-9-7-19(14-22(23)29(30,31)32)26(41)35-21-8-6-18(2)24(15-21)40-17-20-16-34-27(33-3)36-25(20)37(4)28(40)42/h6-9,14-16H,5,10-13,17H2,1-4H3,(H,35,41)(H,33,34,36). The van der Waals surface area contributed by atoms with Gasteiger partial charge in [0.05, 0.1) is 17.8 Å². The molecule has 3 amide bonds.